The lowest BCUT2D eigenvalue weighted by molar-refractivity contribution is -0.131. The average Bonchev–Trinajstić information content (AvgIpc) is 2.32. The van der Waals surface area contributed by atoms with E-state index in [1.165, 1.54) is 7.11 Å². The van der Waals surface area contributed by atoms with Gasteiger partial charge in [0.25, 0.3) is 0 Å². The first-order valence-corrected chi connectivity index (χ1v) is 4.53. The second-order valence-corrected chi connectivity index (χ2v) is 3.78. The molecule has 4 unspecified atom stereocenters. The molecule has 4 atom stereocenters. The molecule has 2 N–H and O–H groups in total. The molecule has 1 aliphatic heterocycles. The van der Waals surface area contributed by atoms with Gasteiger partial charge in [-0.25, -0.2) is 0 Å². The van der Waals surface area contributed by atoms with Crippen molar-refractivity contribution < 1.29 is 19.7 Å². The van der Waals surface area contributed by atoms with Crippen LogP contribution in [0.1, 0.15) is 6.92 Å². The minimum atomic E-state index is -0.923. The summed E-state index contributed by atoms with van der Waals surface area (Å²) in [5, 5.41) is 19.0. The van der Waals surface area contributed by atoms with Crippen molar-refractivity contribution in [1.82, 2.24) is 0 Å². The molecule has 76 valence electrons. The Labute approximate surface area is 79.3 Å². The zero-order valence-corrected chi connectivity index (χ0v) is 8.36. The SMILES string of the molecule is BC1OC(CO)(COC)C(O)C1C. The number of hydrogen-bond donors (Lipinski definition) is 2. The van der Waals surface area contributed by atoms with Crippen LogP contribution in [0.2, 0.25) is 0 Å². The summed E-state index contributed by atoms with van der Waals surface area (Å²) in [4.78, 5) is 0. The number of methoxy groups -OCH3 is 1. The highest BCUT2D eigenvalue weighted by atomic mass is 16.6. The van der Waals surface area contributed by atoms with E-state index in [4.69, 9.17) is 9.47 Å². The van der Waals surface area contributed by atoms with Crippen molar-refractivity contribution in [2.24, 2.45) is 5.92 Å². The Balaban J connectivity index is 2.76. The molecule has 1 fully saturated rings. The van der Waals surface area contributed by atoms with E-state index >= 15 is 0 Å². The zero-order chi connectivity index (χ0) is 10.1. The van der Waals surface area contributed by atoms with E-state index in [1.54, 1.807) is 0 Å². The second kappa shape index (κ2) is 3.96. The van der Waals surface area contributed by atoms with Gasteiger partial charge in [-0.05, 0) is 0 Å². The summed E-state index contributed by atoms with van der Waals surface area (Å²) in [6.45, 7) is 1.92. The maximum absolute atomic E-state index is 9.84. The van der Waals surface area contributed by atoms with Crippen molar-refractivity contribution in [3.63, 3.8) is 0 Å². The predicted octanol–water partition coefficient (Wildman–Crippen LogP) is -1.65. The van der Waals surface area contributed by atoms with E-state index < -0.39 is 11.7 Å². The third kappa shape index (κ3) is 1.74. The van der Waals surface area contributed by atoms with E-state index in [-0.39, 0.29) is 25.1 Å². The van der Waals surface area contributed by atoms with Crippen LogP contribution in [-0.4, -0.2) is 56.1 Å². The Kier molecular flexibility index (Phi) is 3.35. The van der Waals surface area contributed by atoms with Crippen LogP contribution < -0.4 is 0 Å². The number of hydrogen-bond acceptors (Lipinski definition) is 4. The molecule has 1 aliphatic rings. The maximum Gasteiger partial charge on any atom is 0.140 e. The van der Waals surface area contributed by atoms with Crippen molar-refractivity contribution in [3.05, 3.63) is 0 Å². The van der Waals surface area contributed by atoms with Gasteiger partial charge in [0.1, 0.15) is 13.4 Å². The van der Waals surface area contributed by atoms with Crippen LogP contribution in [0.4, 0.5) is 0 Å². The van der Waals surface area contributed by atoms with Gasteiger partial charge in [-0.2, -0.15) is 0 Å². The first kappa shape index (κ1) is 11.0. The molecule has 0 aromatic heterocycles. The summed E-state index contributed by atoms with van der Waals surface area (Å²) < 4.78 is 10.5. The summed E-state index contributed by atoms with van der Waals surface area (Å²) in [7, 11) is 3.42. The normalized spacial score (nSPS) is 45.4. The van der Waals surface area contributed by atoms with Crippen LogP contribution in [0, 0.1) is 5.92 Å². The van der Waals surface area contributed by atoms with Gasteiger partial charge in [0.2, 0.25) is 0 Å². The fourth-order valence-electron chi connectivity index (χ4n) is 1.82. The Morgan fingerprint density at radius 1 is 1.62 bits per heavy atom. The average molecular weight is 188 g/mol. The molecule has 1 rings (SSSR count). The lowest BCUT2D eigenvalue weighted by Gasteiger charge is -2.29. The molecule has 0 amide bonds. The van der Waals surface area contributed by atoms with Crippen LogP contribution in [0.3, 0.4) is 0 Å². The van der Waals surface area contributed by atoms with Gasteiger partial charge >= 0.3 is 0 Å². The Morgan fingerprint density at radius 3 is 2.54 bits per heavy atom. The first-order chi connectivity index (χ1) is 6.07. The smallest absolute Gasteiger partial charge is 0.140 e. The highest BCUT2D eigenvalue weighted by molar-refractivity contribution is 6.11. The van der Waals surface area contributed by atoms with Crippen molar-refractivity contribution in [3.8, 4) is 0 Å². The molecule has 1 heterocycles. The molecule has 0 saturated carbocycles. The quantitative estimate of drug-likeness (QED) is 0.521. The van der Waals surface area contributed by atoms with Crippen LogP contribution in [0.5, 0.6) is 0 Å². The molecule has 0 aliphatic carbocycles. The van der Waals surface area contributed by atoms with Gasteiger partial charge in [-0.1, -0.05) is 6.92 Å². The number of aliphatic hydroxyl groups is 2. The third-order valence-corrected chi connectivity index (χ3v) is 2.85. The molecule has 4 nitrogen and oxygen atoms in total. The lowest BCUT2D eigenvalue weighted by atomic mass is 9.83. The summed E-state index contributed by atoms with van der Waals surface area (Å²) in [5.41, 5.74) is -0.923. The molecule has 0 radical (unpaired) electrons. The molecule has 0 bridgehead atoms. The fraction of sp³-hybridized carbons (Fsp3) is 1.00. The summed E-state index contributed by atoms with van der Waals surface area (Å²) in [5.74, 6) is 0.0299. The van der Waals surface area contributed by atoms with Gasteiger partial charge in [-0.15, -0.1) is 0 Å². The van der Waals surface area contributed by atoms with E-state index in [0.717, 1.165) is 0 Å². The molecular weight excluding hydrogens is 171 g/mol. The molecular formula is C8H17BO4. The minimum Gasteiger partial charge on any atom is -0.393 e. The van der Waals surface area contributed by atoms with Gasteiger partial charge in [0, 0.05) is 19.0 Å². The highest BCUT2D eigenvalue weighted by Gasteiger charge is 2.50. The number of ether oxygens (including phenoxy) is 2. The molecule has 0 spiro atoms. The molecule has 0 aromatic rings. The summed E-state index contributed by atoms with van der Waals surface area (Å²) >= 11 is 0. The monoisotopic (exact) mass is 188 g/mol. The summed E-state index contributed by atoms with van der Waals surface area (Å²) in [6, 6.07) is -0.0442. The van der Waals surface area contributed by atoms with E-state index in [2.05, 4.69) is 0 Å². The largest absolute Gasteiger partial charge is 0.393 e. The predicted molar refractivity (Wildman–Crippen MR) is 50.3 cm³/mol. The Hall–Kier alpha value is -0.0951. The van der Waals surface area contributed by atoms with Crippen molar-refractivity contribution >= 4 is 7.85 Å². The van der Waals surface area contributed by atoms with Crippen LogP contribution >= 0.6 is 0 Å². The number of aliphatic hydroxyl groups excluding tert-OH is 2. The highest BCUT2D eigenvalue weighted by Crippen LogP contribution is 2.33. The third-order valence-electron chi connectivity index (χ3n) is 2.85. The molecule has 5 heteroatoms. The van der Waals surface area contributed by atoms with Crippen LogP contribution in [0.25, 0.3) is 0 Å². The summed E-state index contributed by atoms with van der Waals surface area (Å²) in [6.07, 6.45) is -0.660. The van der Waals surface area contributed by atoms with E-state index in [9.17, 15) is 10.2 Å². The van der Waals surface area contributed by atoms with Gasteiger partial charge in [-0.3, -0.25) is 0 Å². The van der Waals surface area contributed by atoms with Crippen molar-refractivity contribution in [1.29, 1.82) is 0 Å². The molecule has 0 aromatic carbocycles. The fourth-order valence-corrected chi connectivity index (χ4v) is 1.82. The van der Waals surface area contributed by atoms with Crippen LogP contribution in [-0.2, 0) is 9.47 Å². The standard InChI is InChI=1S/C8H17BO4/c1-5-6(11)8(3-10,4-12-2)13-7(5)9/h5-7,10-11H,3-4,9H2,1-2H3. The van der Waals surface area contributed by atoms with Gasteiger partial charge in [0.15, 0.2) is 0 Å². The van der Waals surface area contributed by atoms with Gasteiger partial charge in [0.05, 0.1) is 19.3 Å². The zero-order valence-electron chi connectivity index (χ0n) is 8.36. The number of rotatable bonds is 3. The molecule has 1 saturated heterocycles. The maximum atomic E-state index is 9.84. The molecule has 13 heavy (non-hydrogen) atoms. The Bertz CT molecular complexity index is 178. The Morgan fingerprint density at radius 2 is 2.23 bits per heavy atom. The first-order valence-electron chi connectivity index (χ1n) is 4.53. The van der Waals surface area contributed by atoms with Crippen LogP contribution in [0.15, 0.2) is 0 Å². The second-order valence-electron chi connectivity index (χ2n) is 3.78. The lowest BCUT2D eigenvalue weighted by Crippen LogP contribution is -2.48. The van der Waals surface area contributed by atoms with Gasteiger partial charge < -0.3 is 19.7 Å². The topological polar surface area (TPSA) is 58.9 Å². The minimum absolute atomic E-state index is 0.0299. The van der Waals surface area contributed by atoms with Crippen molar-refractivity contribution in [2.75, 3.05) is 20.3 Å². The van der Waals surface area contributed by atoms with Crippen molar-refractivity contribution in [2.45, 2.75) is 24.6 Å². The van der Waals surface area contributed by atoms with E-state index in [0.29, 0.717) is 0 Å². The van der Waals surface area contributed by atoms with E-state index in [1.807, 2.05) is 14.8 Å².